The lowest BCUT2D eigenvalue weighted by Gasteiger charge is -2.22. The number of nitriles is 1. The SMILES string of the molecule is CCNC(C)(C#N)CCCn1nc(C)nc1C. The average molecular weight is 235 g/mol. The molecule has 5 heteroatoms. The molecule has 0 aliphatic carbocycles. The van der Waals surface area contributed by atoms with E-state index in [2.05, 4.69) is 21.5 Å². The molecule has 0 spiro atoms. The van der Waals surface area contributed by atoms with Gasteiger partial charge in [-0.05, 0) is 40.2 Å². The number of rotatable bonds is 6. The van der Waals surface area contributed by atoms with E-state index in [-0.39, 0.29) is 0 Å². The lowest BCUT2D eigenvalue weighted by atomic mass is 9.98. The molecular formula is C12H21N5. The predicted molar refractivity (Wildman–Crippen MR) is 66.4 cm³/mol. The third kappa shape index (κ3) is 3.82. The average Bonchev–Trinajstić information content (AvgIpc) is 2.58. The zero-order valence-electron chi connectivity index (χ0n) is 11.1. The van der Waals surface area contributed by atoms with Gasteiger partial charge in [0.1, 0.15) is 17.2 Å². The number of nitrogens with zero attached hydrogens (tertiary/aromatic N) is 4. The van der Waals surface area contributed by atoms with Crippen LogP contribution in [0.3, 0.4) is 0 Å². The van der Waals surface area contributed by atoms with Gasteiger partial charge >= 0.3 is 0 Å². The van der Waals surface area contributed by atoms with E-state index in [1.54, 1.807) is 0 Å². The molecule has 1 N–H and O–H groups in total. The fourth-order valence-electron chi connectivity index (χ4n) is 1.93. The van der Waals surface area contributed by atoms with Gasteiger partial charge in [0.2, 0.25) is 0 Å². The van der Waals surface area contributed by atoms with Crippen molar-refractivity contribution in [2.24, 2.45) is 0 Å². The van der Waals surface area contributed by atoms with Gasteiger partial charge in [0.05, 0.1) is 6.07 Å². The fraction of sp³-hybridized carbons (Fsp3) is 0.750. The number of nitrogens with one attached hydrogen (secondary N) is 1. The molecule has 1 aromatic heterocycles. The van der Waals surface area contributed by atoms with E-state index in [1.807, 2.05) is 32.4 Å². The van der Waals surface area contributed by atoms with E-state index < -0.39 is 5.54 Å². The van der Waals surface area contributed by atoms with E-state index in [4.69, 9.17) is 5.26 Å². The molecular weight excluding hydrogens is 214 g/mol. The van der Waals surface area contributed by atoms with Gasteiger partial charge in [0.15, 0.2) is 0 Å². The van der Waals surface area contributed by atoms with Crippen LogP contribution >= 0.6 is 0 Å². The van der Waals surface area contributed by atoms with E-state index in [0.29, 0.717) is 0 Å². The highest BCUT2D eigenvalue weighted by Crippen LogP contribution is 2.12. The Bertz CT molecular complexity index is 404. The standard InChI is InChI=1S/C12H21N5/c1-5-14-12(4,9-13)7-6-8-17-11(3)15-10(2)16-17/h14H,5-8H2,1-4H3. The van der Waals surface area contributed by atoms with Gasteiger partial charge in [-0.2, -0.15) is 10.4 Å². The monoisotopic (exact) mass is 235 g/mol. The largest absolute Gasteiger partial charge is 0.300 e. The Balaban J connectivity index is 2.47. The topological polar surface area (TPSA) is 66.5 Å². The van der Waals surface area contributed by atoms with E-state index in [0.717, 1.165) is 37.6 Å². The lowest BCUT2D eigenvalue weighted by molar-refractivity contribution is 0.395. The Hall–Kier alpha value is -1.41. The molecule has 0 bridgehead atoms. The van der Waals surface area contributed by atoms with Gasteiger partial charge in [0, 0.05) is 6.54 Å². The highest BCUT2D eigenvalue weighted by atomic mass is 15.3. The van der Waals surface area contributed by atoms with Crippen LogP contribution in [0.1, 0.15) is 38.3 Å². The van der Waals surface area contributed by atoms with Crippen molar-refractivity contribution in [3.05, 3.63) is 11.6 Å². The van der Waals surface area contributed by atoms with E-state index in [1.165, 1.54) is 0 Å². The molecule has 1 unspecified atom stereocenters. The van der Waals surface area contributed by atoms with Crippen molar-refractivity contribution < 1.29 is 0 Å². The minimum Gasteiger partial charge on any atom is -0.300 e. The maximum atomic E-state index is 9.13. The van der Waals surface area contributed by atoms with Crippen LogP contribution in [0, 0.1) is 25.2 Å². The predicted octanol–water partition coefficient (Wildman–Crippen LogP) is 1.57. The Labute approximate surface area is 103 Å². The summed E-state index contributed by atoms with van der Waals surface area (Å²) in [6, 6.07) is 2.33. The fourth-order valence-corrected chi connectivity index (χ4v) is 1.93. The quantitative estimate of drug-likeness (QED) is 0.812. The molecule has 1 aromatic rings. The Morgan fingerprint density at radius 3 is 2.65 bits per heavy atom. The molecule has 0 radical (unpaired) electrons. The molecule has 0 saturated heterocycles. The van der Waals surface area contributed by atoms with E-state index in [9.17, 15) is 0 Å². The van der Waals surface area contributed by atoms with Gasteiger partial charge < -0.3 is 0 Å². The van der Waals surface area contributed by atoms with Crippen LogP contribution < -0.4 is 5.32 Å². The first-order valence-corrected chi connectivity index (χ1v) is 6.05. The van der Waals surface area contributed by atoms with Crippen molar-refractivity contribution in [2.45, 2.75) is 52.6 Å². The number of hydrogen-bond donors (Lipinski definition) is 1. The second-order valence-corrected chi connectivity index (χ2v) is 4.51. The van der Waals surface area contributed by atoms with Crippen molar-refractivity contribution in [1.29, 1.82) is 5.26 Å². The Morgan fingerprint density at radius 1 is 1.47 bits per heavy atom. The summed E-state index contributed by atoms with van der Waals surface area (Å²) in [5, 5.41) is 16.6. The molecule has 0 aliphatic rings. The summed E-state index contributed by atoms with van der Waals surface area (Å²) in [6.07, 6.45) is 1.73. The molecule has 1 atom stereocenters. The molecule has 17 heavy (non-hydrogen) atoms. The summed E-state index contributed by atoms with van der Waals surface area (Å²) in [7, 11) is 0. The molecule has 1 rings (SSSR count). The molecule has 0 saturated carbocycles. The lowest BCUT2D eigenvalue weighted by Crippen LogP contribution is -2.40. The summed E-state index contributed by atoms with van der Waals surface area (Å²) in [5.74, 6) is 1.74. The first kappa shape index (κ1) is 13.7. The van der Waals surface area contributed by atoms with Crippen molar-refractivity contribution in [3.8, 4) is 6.07 Å². The van der Waals surface area contributed by atoms with Gasteiger partial charge in [-0.15, -0.1) is 0 Å². The minimum absolute atomic E-state index is 0.432. The molecule has 94 valence electrons. The minimum atomic E-state index is -0.432. The maximum Gasteiger partial charge on any atom is 0.147 e. The van der Waals surface area contributed by atoms with Crippen LogP contribution in [0.25, 0.3) is 0 Å². The van der Waals surface area contributed by atoms with Crippen LogP contribution in [-0.2, 0) is 6.54 Å². The van der Waals surface area contributed by atoms with Gasteiger partial charge in [-0.1, -0.05) is 6.92 Å². The van der Waals surface area contributed by atoms with Gasteiger partial charge in [-0.25, -0.2) is 4.98 Å². The summed E-state index contributed by atoms with van der Waals surface area (Å²) in [4.78, 5) is 4.25. The molecule has 0 amide bonds. The van der Waals surface area contributed by atoms with Crippen LogP contribution in [0.15, 0.2) is 0 Å². The summed E-state index contributed by atoms with van der Waals surface area (Å²) in [6.45, 7) is 9.42. The van der Waals surface area contributed by atoms with Crippen molar-refractivity contribution >= 4 is 0 Å². The van der Waals surface area contributed by atoms with Gasteiger partial charge in [-0.3, -0.25) is 10.00 Å². The van der Waals surface area contributed by atoms with Crippen LogP contribution in [0.4, 0.5) is 0 Å². The zero-order valence-corrected chi connectivity index (χ0v) is 11.1. The molecule has 0 aromatic carbocycles. The van der Waals surface area contributed by atoms with Crippen LogP contribution in [0.5, 0.6) is 0 Å². The summed E-state index contributed by atoms with van der Waals surface area (Å²) < 4.78 is 1.90. The molecule has 1 heterocycles. The maximum absolute atomic E-state index is 9.13. The van der Waals surface area contributed by atoms with Crippen molar-refractivity contribution in [2.75, 3.05) is 6.54 Å². The number of hydrogen-bond acceptors (Lipinski definition) is 4. The Kier molecular flexibility index (Phi) is 4.64. The second-order valence-electron chi connectivity index (χ2n) is 4.51. The van der Waals surface area contributed by atoms with Crippen molar-refractivity contribution in [1.82, 2.24) is 20.1 Å². The van der Waals surface area contributed by atoms with E-state index >= 15 is 0 Å². The molecule has 0 aliphatic heterocycles. The summed E-state index contributed by atoms with van der Waals surface area (Å²) in [5.41, 5.74) is -0.432. The first-order valence-electron chi connectivity index (χ1n) is 6.05. The Morgan fingerprint density at radius 2 is 2.18 bits per heavy atom. The van der Waals surface area contributed by atoms with Crippen molar-refractivity contribution in [3.63, 3.8) is 0 Å². The normalized spacial score (nSPS) is 14.3. The molecule has 0 fully saturated rings. The first-order chi connectivity index (χ1) is 8.00. The highest BCUT2D eigenvalue weighted by Gasteiger charge is 2.21. The zero-order chi connectivity index (χ0) is 12.9. The molecule has 5 nitrogen and oxygen atoms in total. The van der Waals surface area contributed by atoms with Crippen LogP contribution in [0.2, 0.25) is 0 Å². The highest BCUT2D eigenvalue weighted by molar-refractivity contribution is 5.03. The third-order valence-corrected chi connectivity index (χ3v) is 2.82. The van der Waals surface area contributed by atoms with Crippen LogP contribution in [-0.4, -0.2) is 26.8 Å². The third-order valence-electron chi connectivity index (χ3n) is 2.82. The summed E-state index contributed by atoms with van der Waals surface area (Å²) >= 11 is 0. The second kappa shape index (κ2) is 5.78. The smallest absolute Gasteiger partial charge is 0.147 e. The number of aromatic nitrogens is 3. The number of aryl methyl sites for hydroxylation is 3. The van der Waals surface area contributed by atoms with Gasteiger partial charge in [0.25, 0.3) is 0 Å².